The SMILES string of the molecule is CC/C(=C\c1ccccc1)[C@@H]1C[C@H]1N[C@H]1CC[C@H](N(Cc2cccc(C(=O)O)c2)C(=O)OC(C)(C)C)CC1. The Morgan fingerprint density at radius 2 is 1.76 bits per heavy atom. The van der Waals surface area contributed by atoms with Gasteiger partial charge in [0.05, 0.1) is 5.56 Å². The Hall–Kier alpha value is -3.12. The van der Waals surface area contributed by atoms with E-state index in [1.165, 1.54) is 17.6 Å². The standard InChI is InChI=1S/C32H42N2O4/c1-5-24(18-22-10-7-6-8-11-22)28-20-29(28)33-26-14-16-27(17-15-26)34(31(37)38-32(2,3)4)21-23-12-9-13-25(19-23)30(35)36/h6-13,18-19,26-29,33H,5,14-17,20-21H2,1-4H3,(H,35,36)/b24-18+/t26-,27-,28-,29+/m0/s1. The zero-order valence-corrected chi connectivity index (χ0v) is 23.2. The van der Waals surface area contributed by atoms with Crippen molar-refractivity contribution in [1.29, 1.82) is 0 Å². The molecule has 2 N–H and O–H groups in total. The number of ether oxygens (including phenoxy) is 1. The Kier molecular flexibility index (Phi) is 8.93. The highest BCUT2D eigenvalue weighted by molar-refractivity contribution is 5.87. The summed E-state index contributed by atoms with van der Waals surface area (Å²) in [5, 5.41) is 13.3. The molecule has 0 bridgehead atoms. The Morgan fingerprint density at radius 3 is 2.39 bits per heavy atom. The molecule has 4 rings (SSSR count). The Balaban J connectivity index is 1.36. The van der Waals surface area contributed by atoms with E-state index in [1.807, 2.05) is 26.8 Å². The normalized spacial score (nSPS) is 23.5. The van der Waals surface area contributed by atoms with Gasteiger partial charge in [-0.05, 0) is 88.5 Å². The van der Waals surface area contributed by atoms with Crippen molar-refractivity contribution in [2.24, 2.45) is 5.92 Å². The van der Waals surface area contributed by atoms with Crippen molar-refractivity contribution in [3.05, 3.63) is 76.9 Å². The van der Waals surface area contributed by atoms with E-state index in [0.29, 0.717) is 24.5 Å². The van der Waals surface area contributed by atoms with E-state index in [9.17, 15) is 14.7 Å². The van der Waals surface area contributed by atoms with Crippen molar-refractivity contribution in [2.45, 2.75) is 96.5 Å². The first-order chi connectivity index (χ1) is 18.1. The van der Waals surface area contributed by atoms with Crippen LogP contribution in [0.5, 0.6) is 0 Å². The number of nitrogens with zero attached hydrogens (tertiary/aromatic N) is 1. The van der Waals surface area contributed by atoms with Crippen LogP contribution < -0.4 is 5.32 Å². The molecule has 0 unspecified atom stereocenters. The number of carbonyl (C=O) groups is 2. The Bertz CT molecular complexity index is 1130. The number of rotatable bonds is 9. The summed E-state index contributed by atoms with van der Waals surface area (Å²) in [4.78, 5) is 26.5. The third kappa shape index (κ3) is 7.70. The number of nitrogens with one attached hydrogen (secondary N) is 1. The van der Waals surface area contributed by atoms with Crippen molar-refractivity contribution < 1.29 is 19.4 Å². The molecule has 0 radical (unpaired) electrons. The summed E-state index contributed by atoms with van der Waals surface area (Å²) < 4.78 is 5.75. The van der Waals surface area contributed by atoms with Crippen molar-refractivity contribution >= 4 is 18.1 Å². The lowest BCUT2D eigenvalue weighted by atomic mass is 9.89. The van der Waals surface area contributed by atoms with Crippen molar-refractivity contribution in [2.75, 3.05) is 0 Å². The van der Waals surface area contributed by atoms with E-state index < -0.39 is 11.6 Å². The summed E-state index contributed by atoms with van der Waals surface area (Å²) in [5.41, 5.74) is 3.22. The molecular formula is C32H42N2O4. The fraction of sp³-hybridized carbons (Fsp3) is 0.500. The van der Waals surface area contributed by atoms with Crippen molar-refractivity contribution in [3.8, 4) is 0 Å². The third-order valence-corrected chi connectivity index (χ3v) is 7.57. The fourth-order valence-electron chi connectivity index (χ4n) is 5.54. The van der Waals surface area contributed by atoms with Crippen LogP contribution in [0.15, 0.2) is 60.2 Å². The maximum Gasteiger partial charge on any atom is 0.410 e. The fourth-order valence-corrected chi connectivity index (χ4v) is 5.54. The molecule has 0 aliphatic heterocycles. The number of carbonyl (C=O) groups excluding carboxylic acids is 1. The molecule has 204 valence electrons. The predicted octanol–water partition coefficient (Wildman–Crippen LogP) is 6.90. The Labute approximate surface area is 227 Å². The van der Waals surface area contributed by atoms with Crippen molar-refractivity contribution in [3.63, 3.8) is 0 Å². The van der Waals surface area contributed by atoms with Crippen LogP contribution in [0.3, 0.4) is 0 Å². The quantitative estimate of drug-likeness (QED) is 0.377. The summed E-state index contributed by atoms with van der Waals surface area (Å²) in [5.74, 6) is -0.358. The van der Waals surface area contributed by atoms with Crippen LogP contribution in [0.25, 0.3) is 6.08 Å². The monoisotopic (exact) mass is 518 g/mol. The average molecular weight is 519 g/mol. The van der Waals surface area contributed by atoms with Gasteiger partial charge in [0.25, 0.3) is 0 Å². The number of carboxylic acid groups (broad SMARTS) is 1. The van der Waals surface area contributed by atoms with Crippen LogP contribution in [-0.4, -0.2) is 45.8 Å². The van der Waals surface area contributed by atoms with Crippen LogP contribution in [0.1, 0.15) is 87.7 Å². The van der Waals surface area contributed by atoms with Crippen molar-refractivity contribution in [1.82, 2.24) is 10.2 Å². The molecule has 0 heterocycles. The number of aromatic carboxylic acids is 1. The smallest absolute Gasteiger partial charge is 0.410 e. The van der Waals surface area contributed by atoms with Crippen LogP contribution in [0, 0.1) is 5.92 Å². The highest BCUT2D eigenvalue weighted by Crippen LogP contribution is 2.41. The van der Waals surface area contributed by atoms with Gasteiger partial charge in [-0.3, -0.25) is 0 Å². The lowest BCUT2D eigenvalue weighted by Gasteiger charge is -2.38. The first-order valence-electron chi connectivity index (χ1n) is 14.0. The van der Waals surface area contributed by atoms with Gasteiger partial charge < -0.3 is 20.1 Å². The maximum absolute atomic E-state index is 13.2. The van der Waals surface area contributed by atoms with Crippen LogP contribution in [-0.2, 0) is 11.3 Å². The Morgan fingerprint density at radius 1 is 1.05 bits per heavy atom. The van der Waals surface area contributed by atoms with E-state index >= 15 is 0 Å². The minimum atomic E-state index is -0.967. The van der Waals surface area contributed by atoms with E-state index in [4.69, 9.17) is 4.74 Å². The molecule has 2 aromatic carbocycles. The van der Waals surface area contributed by atoms with E-state index in [2.05, 4.69) is 48.6 Å². The van der Waals surface area contributed by atoms with E-state index in [1.54, 1.807) is 23.1 Å². The molecule has 2 atom stereocenters. The number of carboxylic acids is 1. The van der Waals surface area contributed by atoms with Crippen LogP contribution in [0.2, 0.25) is 0 Å². The first-order valence-corrected chi connectivity index (χ1v) is 14.0. The van der Waals surface area contributed by atoms with Gasteiger partial charge in [0.2, 0.25) is 0 Å². The van der Waals surface area contributed by atoms with Crippen LogP contribution in [0.4, 0.5) is 4.79 Å². The summed E-state index contributed by atoms with van der Waals surface area (Å²) in [6.07, 6.45) is 8.07. The molecule has 1 amide bonds. The minimum absolute atomic E-state index is 0.0653. The molecule has 2 fully saturated rings. The first kappa shape index (κ1) is 27.9. The molecule has 0 aromatic heterocycles. The van der Waals surface area contributed by atoms with E-state index in [0.717, 1.165) is 37.7 Å². The summed E-state index contributed by atoms with van der Waals surface area (Å²) in [6.45, 7) is 8.20. The predicted molar refractivity (Wildman–Crippen MR) is 151 cm³/mol. The van der Waals surface area contributed by atoms with E-state index in [-0.39, 0.29) is 17.7 Å². The zero-order chi connectivity index (χ0) is 27.3. The molecule has 2 aromatic rings. The number of hydrogen-bond donors (Lipinski definition) is 2. The molecule has 6 nitrogen and oxygen atoms in total. The molecule has 0 saturated heterocycles. The van der Waals surface area contributed by atoms with Gasteiger partial charge in [0.1, 0.15) is 5.60 Å². The van der Waals surface area contributed by atoms with Gasteiger partial charge >= 0.3 is 12.1 Å². The zero-order valence-electron chi connectivity index (χ0n) is 23.2. The topological polar surface area (TPSA) is 78.9 Å². The highest BCUT2D eigenvalue weighted by Gasteiger charge is 2.41. The second-order valence-corrected chi connectivity index (χ2v) is 11.7. The number of hydrogen-bond acceptors (Lipinski definition) is 4. The molecule has 2 aliphatic carbocycles. The molecule has 2 aliphatic rings. The largest absolute Gasteiger partial charge is 0.478 e. The summed E-state index contributed by atoms with van der Waals surface area (Å²) in [6, 6.07) is 18.4. The molecule has 6 heteroatoms. The third-order valence-electron chi connectivity index (χ3n) is 7.57. The molecule has 2 saturated carbocycles. The molecule has 0 spiro atoms. The van der Waals surface area contributed by atoms with Gasteiger partial charge in [-0.15, -0.1) is 0 Å². The lowest BCUT2D eigenvalue weighted by molar-refractivity contribution is 0.00876. The second kappa shape index (κ2) is 12.2. The highest BCUT2D eigenvalue weighted by atomic mass is 16.6. The van der Waals surface area contributed by atoms with Gasteiger partial charge in [0, 0.05) is 24.7 Å². The van der Waals surface area contributed by atoms with Crippen LogP contribution >= 0.6 is 0 Å². The van der Waals surface area contributed by atoms with Gasteiger partial charge in [-0.1, -0.05) is 61.0 Å². The summed E-state index contributed by atoms with van der Waals surface area (Å²) in [7, 11) is 0. The minimum Gasteiger partial charge on any atom is -0.478 e. The van der Waals surface area contributed by atoms with Gasteiger partial charge in [-0.2, -0.15) is 0 Å². The second-order valence-electron chi connectivity index (χ2n) is 11.7. The molecule has 38 heavy (non-hydrogen) atoms. The number of benzene rings is 2. The lowest BCUT2D eigenvalue weighted by Crippen LogP contribution is -2.47. The summed E-state index contributed by atoms with van der Waals surface area (Å²) >= 11 is 0. The van der Waals surface area contributed by atoms with Gasteiger partial charge in [0.15, 0.2) is 0 Å². The molecular weight excluding hydrogens is 476 g/mol. The average Bonchev–Trinajstić information content (AvgIpc) is 3.65. The maximum atomic E-state index is 13.2. The van der Waals surface area contributed by atoms with Gasteiger partial charge in [-0.25, -0.2) is 9.59 Å². The number of amides is 1.